The number of amides is 1. The van der Waals surface area contributed by atoms with Crippen molar-refractivity contribution in [2.24, 2.45) is 0 Å². The van der Waals surface area contributed by atoms with E-state index in [1.165, 1.54) is 0 Å². The molecule has 2 aromatic rings. The monoisotopic (exact) mass is 256 g/mol. The Kier molecular flexibility index (Phi) is 4.13. The molecule has 0 bridgehead atoms. The summed E-state index contributed by atoms with van der Waals surface area (Å²) in [5, 5.41) is 2.76. The summed E-state index contributed by atoms with van der Waals surface area (Å²) in [7, 11) is 0. The van der Waals surface area contributed by atoms with Crippen molar-refractivity contribution in [2.45, 2.75) is 13.8 Å². The topological polar surface area (TPSA) is 51.2 Å². The Morgan fingerprint density at radius 1 is 1.26 bits per heavy atom. The molecule has 2 rings (SSSR count). The Hall–Kier alpha value is -2.36. The van der Waals surface area contributed by atoms with E-state index < -0.39 is 0 Å². The van der Waals surface area contributed by atoms with Crippen LogP contribution in [0.25, 0.3) is 0 Å². The lowest BCUT2D eigenvalue weighted by molar-refractivity contribution is 0.102. The van der Waals surface area contributed by atoms with Crippen LogP contribution in [-0.4, -0.2) is 17.5 Å². The molecule has 0 saturated heterocycles. The summed E-state index contributed by atoms with van der Waals surface area (Å²) in [6, 6.07) is 12.6. The molecule has 1 aromatic heterocycles. The summed E-state index contributed by atoms with van der Waals surface area (Å²) in [4.78, 5) is 16.3. The number of nitrogens with one attached hydrogen (secondary N) is 1. The Morgan fingerprint density at radius 2 is 2.05 bits per heavy atom. The van der Waals surface area contributed by atoms with E-state index in [-0.39, 0.29) is 5.91 Å². The Morgan fingerprint density at radius 3 is 2.79 bits per heavy atom. The first-order chi connectivity index (χ1) is 9.19. The second-order valence-corrected chi connectivity index (χ2v) is 4.08. The van der Waals surface area contributed by atoms with E-state index >= 15 is 0 Å². The van der Waals surface area contributed by atoms with Gasteiger partial charge in [0.1, 0.15) is 11.6 Å². The van der Waals surface area contributed by atoms with Crippen LogP contribution in [0.5, 0.6) is 5.75 Å². The van der Waals surface area contributed by atoms with Crippen LogP contribution in [0.3, 0.4) is 0 Å². The first-order valence-corrected chi connectivity index (χ1v) is 6.17. The number of carbonyl (C=O) groups excluding carboxylic acids is 1. The molecule has 1 aromatic carbocycles. The Balaban J connectivity index is 2.13. The molecule has 0 fully saturated rings. The molecule has 1 amide bonds. The summed E-state index contributed by atoms with van der Waals surface area (Å²) in [5.41, 5.74) is 1.41. The largest absolute Gasteiger partial charge is 0.494 e. The molecular formula is C15H16N2O2. The van der Waals surface area contributed by atoms with Gasteiger partial charge in [0.15, 0.2) is 0 Å². The average Bonchev–Trinajstić information content (AvgIpc) is 2.39. The highest BCUT2D eigenvalue weighted by molar-refractivity contribution is 6.03. The number of aryl methyl sites for hydroxylation is 1. The molecule has 4 nitrogen and oxygen atoms in total. The van der Waals surface area contributed by atoms with E-state index in [1.54, 1.807) is 24.3 Å². The number of carbonyl (C=O) groups is 1. The third-order valence-electron chi connectivity index (χ3n) is 2.54. The number of nitrogens with zero attached hydrogens (tertiary/aromatic N) is 1. The van der Waals surface area contributed by atoms with Gasteiger partial charge >= 0.3 is 0 Å². The van der Waals surface area contributed by atoms with Crippen LogP contribution < -0.4 is 10.1 Å². The average molecular weight is 256 g/mol. The van der Waals surface area contributed by atoms with Crippen LogP contribution in [0, 0.1) is 6.92 Å². The van der Waals surface area contributed by atoms with Crippen LogP contribution in [-0.2, 0) is 0 Å². The standard InChI is InChI=1S/C15H16N2O2/c1-3-19-13-8-5-7-12(10-13)15(18)17-14-9-4-6-11(2)16-14/h4-10H,3H2,1-2H3,(H,16,17,18). The maximum Gasteiger partial charge on any atom is 0.256 e. The minimum atomic E-state index is -0.195. The molecule has 0 unspecified atom stereocenters. The van der Waals surface area contributed by atoms with Gasteiger partial charge in [0, 0.05) is 11.3 Å². The number of benzene rings is 1. The second kappa shape index (κ2) is 6.00. The molecule has 4 heteroatoms. The maximum atomic E-state index is 12.1. The fourth-order valence-corrected chi connectivity index (χ4v) is 1.69. The molecule has 0 aliphatic heterocycles. The van der Waals surface area contributed by atoms with Crippen molar-refractivity contribution in [1.82, 2.24) is 4.98 Å². The van der Waals surface area contributed by atoms with E-state index in [2.05, 4.69) is 10.3 Å². The highest BCUT2D eigenvalue weighted by atomic mass is 16.5. The van der Waals surface area contributed by atoms with Crippen molar-refractivity contribution < 1.29 is 9.53 Å². The third-order valence-corrected chi connectivity index (χ3v) is 2.54. The van der Waals surface area contributed by atoms with Crippen LogP contribution in [0.1, 0.15) is 23.0 Å². The zero-order chi connectivity index (χ0) is 13.7. The number of hydrogen-bond acceptors (Lipinski definition) is 3. The zero-order valence-electron chi connectivity index (χ0n) is 11.0. The molecule has 0 aliphatic rings. The molecule has 0 aliphatic carbocycles. The van der Waals surface area contributed by atoms with E-state index in [0.29, 0.717) is 23.7 Å². The van der Waals surface area contributed by atoms with Crippen molar-refractivity contribution in [2.75, 3.05) is 11.9 Å². The van der Waals surface area contributed by atoms with Crippen LogP contribution >= 0.6 is 0 Å². The van der Waals surface area contributed by atoms with Gasteiger partial charge in [-0.3, -0.25) is 4.79 Å². The Bertz CT molecular complexity index is 582. The van der Waals surface area contributed by atoms with E-state index in [9.17, 15) is 4.79 Å². The van der Waals surface area contributed by atoms with Gasteiger partial charge < -0.3 is 10.1 Å². The van der Waals surface area contributed by atoms with Crippen LogP contribution in [0.2, 0.25) is 0 Å². The SMILES string of the molecule is CCOc1cccc(C(=O)Nc2cccc(C)n2)c1. The van der Waals surface area contributed by atoms with Gasteiger partial charge in [0.2, 0.25) is 0 Å². The van der Waals surface area contributed by atoms with Crippen molar-refractivity contribution in [3.63, 3.8) is 0 Å². The molecule has 0 atom stereocenters. The van der Waals surface area contributed by atoms with E-state index in [1.807, 2.05) is 32.0 Å². The van der Waals surface area contributed by atoms with Crippen molar-refractivity contribution in [3.05, 3.63) is 53.7 Å². The van der Waals surface area contributed by atoms with Crippen LogP contribution in [0.15, 0.2) is 42.5 Å². The number of pyridine rings is 1. The molecule has 1 heterocycles. The molecule has 0 radical (unpaired) electrons. The minimum absolute atomic E-state index is 0.195. The quantitative estimate of drug-likeness (QED) is 0.914. The van der Waals surface area contributed by atoms with Gasteiger partial charge in [-0.15, -0.1) is 0 Å². The molecule has 0 spiro atoms. The summed E-state index contributed by atoms with van der Waals surface area (Å²) < 4.78 is 5.37. The van der Waals surface area contributed by atoms with Crippen molar-refractivity contribution in [1.29, 1.82) is 0 Å². The normalized spacial score (nSPS) is 10.0. The first-order valence-electron chi connectivity index (χ1n) is 6.17. The maximum absolute atomic E-state index is 12.1. The van der Waals surface area contributed by atoms with Gasteiger partial charge in [0.05, 0.1) is 6.61 Å². The molecule has 1 N–H and O–H groups in total. The number of ether oxygens (including phenoxy) is 1. The van der Waals surface area contributed by atoms with E-state index in [4.69, 9.17) is 4.74 Å². The van der Waals surface area contributed by atoms with Crippen molar-refractivity contribution >= 4 is 11.7 Å². The lowest BCUT2D eigenvalue weighted by Crippen LogP contribution is -2.13. The number of rotatable bonds is 4. The highest BCUT2D eigenvalue weighted by Gasteiger charge is 2.07. The summed E-state index contributed by atoms with van der Waals surface area (Å²) in [6.45, 7) is 4.36. The fraction of sp³-hybridized carbons (Fsp3) is 0.200. The predicted octanol–water partition coefficient (Wildman–Crippen LogP) is 3.04. The number of anilines is 1. The lowest BCUT2D eigenvalue weighted by Gasteiger charge is -2.07. The van der Waals surface area contributed by atoms with Crippen LogP contribution in [0.4, 0.5) is 5.82 Å². The van der Waals surface area contributed by atoms with Gasteiger partial charge in [0.25, 0.3) is 5.91 Å². The van der Waals surface area contributed by atoms with Gasteiger partial charge in [-0.1, -0.05) is 12.1 Å². The summed E-state index contributed by atoms with van der Waals surface area (Å²) in [6.07, 6.45) is 0. The second-order valence-electron chi connectivity index (χ2n) is 4.08. The third kappa shape index (κ3) is 3.55. The van der Waals surface area contributed by atoms with Gasteiger partial charge in [-0.2, -0.15) is 0 Å². The Labute approximate surface area is 112 Å². The summed E-state index contributed by atoms with van der Waals surface area (Å²) >= 11 is 0. The summed E-state index contributed by atoms with van der Waals surface area (Å²) in [5.74, 6) is 1.04. The van der Waals surface area contributed by atoms with E-state index in [0.717, 1.165) is 5.69 Å². The minimum Gasteiger partial charge on any atom is -0.494 e. The number of aromatic nitrogens is 1. The molecule has 0 saturated carbocycles. The first kappa shape index (κ1) is 13.1. The predicted molar refractivity (Wildman–Crippen MR) is 74.5 cm³/mol. The van der Waals surface area contributed by atoms with Gasteiger partial charge in [-0.25, -0.2) is 4.98 Å². The molecular weight excluding hydrogens is 240 g/mol. The van der Waals surface area contributed by atoms with Gasteiger partial charge in [-0.05, 0) is 44.2 Å². The van der Waals surface area contributed by atoms with Crippen molar-refractivity contribution in [3.8, 4) is 5.75 Å². The lowest BCUT2D eigenvalue weighted by atomic mass is 10.2. The smallest absolute Gasteiger partial charge is 0.256 e. The fourth-order valence-electron chi connectivity index (χ4n) is 1.69. The number of hydrogen-bond donors (Lipinski definition) is 1. The molecule has 98 valence electrons. The highest BCUT2D eigenvalue weighted by Crippen LogP contribution is 2.14. The molecule has 19 heavy (non-hydrogen) atoms. The zero-order valence-corrected chi connectivity index (χ0v) is 11.0.